The maximum atomic E-state index is 6.23. The molecule has 0 fully saturated rings. The quantitative estimate of drug-likeness (QED) is 0.867. The molecule has 1 atom stereocenters. The van der Waals surface area contributed by atoms with Crippen molar-refractivity contribution in [3.63, 3.8) is 0 Å². The molecule has 0 aliphatic carbocycles. The first-order valence-electron chi connectivity index (χ1n) is 6.69. The molecule has 0 saturated carbocycles. The second kappa shape index (κ2) is 7.63. The number of aromatic nitrogens is 1. The predicted octanol–water partition coefficient (Wildman–Crippen LogP) is 4.15. The van der Waals surface area contributed by atoms with Crippen LogP contribution in [0.25, 0.3) is 0 Å². The molecular weight excluding hydrogens is 291 g/mol. The molecule has 0 aliphatic rings. The molecule has 2 aromatic rings. The smallest absolute Gasteiger partial charge is 0.0453 e. The SMILES string of the molecule is CNC(CCc1ccncc1)Cc1ccc(Cl)cc1Cl. The molecule has 0 spiro atoms. The van der Waals surface area contributed by atoms with Gasteiger partial charge in [-0.15, -0.1) is 0 Å². The Balaban J connectivity index is 1.95. The van der Waals surface area contributed by atoms with E-state index in [2.05, 4.69) is 22.4 Å². The van der Waals surface area contributed by atoms with Crippen LogP contribution in [-0.4, -0.2) is 18.1 Å². The second-order valence-corrected chi connectivity index (χ2v) is 5.66. The van der Waals surface area contributed by atoms with Gasteiger partial charge in [-0.05, 0) is 61.7 Å². The molecule has 4 heteroatoms. The summed E-state index contributed by atoms with van der Waals surface area (Å²) in [5.41, 5.74) is 2.44. The number of hydrogen-bond acceptors (Lipinski definition) is 2. The molecule has 1 aromatic heterocycles. The van der Waals surface area contributed by atoms with Crippen LogP contribution < -0.4 is 5.32 Å². The minimum Gasteiger partial charge on any atom is -0.317 e. The highest BCUT2D eigenvalue weighted by atomic mass is 35.5. The van der Waals surface area contributed by atoms with E-state index in [0.29, 0.717) is 11.1 Å². The normalized spacial score (nSPS) is 12.3. The lowest BCUT2D eigenvalue weighted by Gasteiger charge is -2.17. The third kappa shape index (κ3) is 4.48. The largest absolute Gasteiger partial charge is 0.317 e. The lowest BCUT2D eigenvalue weighted by molar-refractivity contribution is 0.520. The van der Waals surface area contributed by atoms with Crippen molar-refractivity contribution in [3.8, 4) is 0 Å². The molecule has 0 bridgehead atoms. The first kappa shape index (κ1) is 15.3. The van der Waals surface area contributed by atoms with E-state index in [-0.39, 0.29) is 0 Å². The summed E-state index contributed by atoms with van der Waals surface area (Å²) in [4.78, 5) is 4.03. The average molecular weight is 309 g/mol. The Bertz CT molecular complexity index is 543. The molecule has 1 heterocycles. The maximum Gasteiger partial charge on any atom is 0.0453 e. The summed E-state index contributed by atoms with van der Waals surface area (Å²) in [5.74, 6) is 0. The zero-order chi connectivity index (χ0) is 14.4. The van der Waals surface area contributed by atoms with Crippen molar-refractivity contribution >= 4 is 23.2 Å². The third-order valence-corrected chi connectivity index (χ3v) is 4.01. The van der Waals surface area contributed by atoms with E-state index in [1.807, 2.05) is 31.6 Å². The Morgan fingerprint density at radius 3 is 2.55 bits per heavy atom. The van der Waals surface area contributed by atoms with Crippen LogP contribution in [0.5, 0.6) is 0 Å². The summed E-state index contributed by atoms with van der Waals surface area (Å²) in [7, 11) is 1.99. The van der Waals surface area contributed by atoms with E-state index in [4.69, 9.17) is 23.2 Å². The fourth-order valence-corrected chi connectivity index (χ4v) is 2.68. The molecular formula is C16H18Cl2N2. The Kier molecular flexibility index (Phi) is 5.84. The van der Waals surface area contributed by atoms with Gasteiger partial charge in [0.1, 0.15) is 0 Å². The number of halogens is 2. The van der Waals surface area contributed by atoms with Gasteiger partial charge in [-0.25, -0.2) is 0 Å². The summed E-state index contributed by atoms with van der Waals surface area (Å²) in [6, 6.07) is 10.2. The third-order valence-electron chi connectivity index (χ3n) is 3.42. The lowest BCUT2D eigenvalue weighted by Crippen LogP contribution is -2.28. The van der Waals surface area contributed by atoms with Crippen LogP contribution in [0.2, 0.25) is 10.0 Å². The van der Waals surface area contributed by atoms with Gasteiger partial charge in [0, 0.05) is 28.5 Å². The van der Waals surface area contributed by atoms with Crippen LogP contribution >= 0.6 is 23.2 Å². The van der Waals surface area contributed by atoms with E-state index in [1.165, 1.54) is 5.56 Å². The van der Waals surface area contributed by atoms with Crippen molar-refractivity contribution in [2.45, 2.75) is 25.3 Å². The zero-order valence-corrected chi connectivity index (χ0v) is 13.0. The Labute approximate surface area is 130 Å². The van der Waals surface area contributed by atoms with Gasteiger partial charge in [-0.1, -0.05) is 29.3 Å². The molecule has 0 saturated heterocycles. The highest BCUT2D eigenvalue weighted by Gasteiger charge is 2.10. The van der Waals surface area contributed by atoms with Crippen LogP contribution in [0.4, 0.5) is 0 Å². The van der Waals surface area contributed by atoms with Gasteiger partial charge in [0.25, 0.3) is 0 Å². The fraction of sp³-hybridized carbons (Fsp3) is 0.312. The number of hydrogen-bond donors (Lipinski definition) is 1. The van der Waals surface area contributed by atoms with E-state index >= 15 is 0 Å². The van der Waals surface area contributed by atoms with Gasteiger partial charge in [-0.3, -0.25) is 4.98 Å². The van der Waals surface area contributed by atoms with E-state index in [1.54, 1.807) is 6.07 Å². The molecule has 20 heavy (non-hydrogen) atoms. The summed E-state index contributed by atoms with van der Waals surface area (Å²) in [6.07, 6.45) is 6.65. The van der Waals surface area contributed by atoms with Gasteiger partial charge in [0.05, 0.1) is 0 Å². The summed E-state index contributed by atoms with van der Waals surface area (Å²) in [6.45, 7) is 0. The molecule has 0 aliphatic heterocycles. The standard InChI is InChI=1S/C16H18Cl2N2/c1-19-15(5-2-12-6-8-20-9-7-12)10-13-3-4-14(17)11-16(13)18/h3-4,6-9,11,15,19H,2,5,10H2,1H3. The number of likely N-dealkylation sites (N-methyl/N-ethyl adjacent to an activating group) is 1. The number of rotatable bonds is 6. The van der Waals surface area contributed by atoms with Crippen molar-refractivity contribution in [1.82, 2.24) is 10.3 Å². The molecule has 0 radical (unpaired) electrons. The maximum absolute atomic E-state index is 6.23. The van der Waals surface area contributed by atoms with Gasteiger partial charge < -0.3 is 5.32 Å². The molecule has 1 aromatic carbocycles. The van der Waals surface area contributed by atoms with Crippen LogP contribution in [0, 0.1) is 0 Å². The van der Waals surface area contributed by atoms with E-state index in [9.17, 15) is 0 Å². The van der Waals surface area contributed by atoms with E-state index < -0.39 is 0 Å². The number of pyridine rings is 1. The molecule has 106 valence electrons. The van der Waals surface area contributed by atoms with Crippen molar-refractivity contribution in [3.05, 3.63) is 63.9 Å². The number of benzene rings is 1. The summed E-state index contributed by atoms with van der Waals surface area (Å²) < 4.78 is 0. The molecule has 2 nitrogen and oxygen atoms in total. The minimum atomic E-state index is 0.391. The Morgan fingerprint density at radius 2 is 1.90 bits per heavy atom. The van der Waals surface area contributed by atoms with Crippen LogP contribution in [0.15, 0.2) is 42.7 Å². The second-order valence-electron chi connectivity index (χ2n) is 4.82. The first-order chi connectivity index (χ1) is 9.69. The number of nitrogens with one attached hydrogen (secondary N) is 1. The molecule has 0 amide bonds. The Hall–Kier alpha value is -1.09. The van der Waals surface area contributed by atoms with Gasteiger partial charge >= 0.3 is 0 Å². The van der Waals surface area contributed by atoms with Crippen LogP contribution in [0.3, 0.4) is 0 Å². The first-order valence-corrected chi connectivity index (χ1v) is 7.44. The number of aryl methyl sites for hydroxylation is 1. The van der Waals surface area contributed by atoms with Crippen molar-refractivity contribution < 1.29 is 0 Å². The van der Waals surface area contributed by atoms with Gasteiger partial charge in [0.2, 0.25) is 0 Å². The Morgan fingerprint density at radius 1 is 1.15 bits per heavy atom. The predicted molar refractivity (Wildman–Crippen MR) is 85.6 cm³/mol. The molecule has 2 rings (SSSR count). The zero-order valence-electron chi connectivity index (χ0n) is 11.4. The topological polar surface area (TPSA) is 24.9 Å². The average Bonchev–Trinajstić information content (AvgIpc) is 2.46. The highest BCUT2D eigenvalue weighted by Crippen LogP contribution is 2.22. The van der Waals surface area contributed by atoms with Crippen LogP contribution in [-0.2, 0) is 12.8 Å². The van der Waals surface area contributed by atoms with Crippen molar-refractivity contribution in [2.24, 2.45) is 0 Å². The highest BCUT2D eigenvalue weighted by molar-refractivity contribution is 6.35. The number of nitrogens with zero attached hydrogens (tertiary/aromatic N) is 1. The molecule has 1 unspecified atom stereocenters. The van der Waals surface area contributed by atoms with Gasteiger partial charge in [0.15, 0.2) is 0 Å². The minimum absolute atomic E-state index is 0.391. The van der Waals surface area contributed by atoms with Crippen molar-refractivity contribution in [2.75, 3.05) is 7.05 Å². The summed E-state index contributed by atoms with van der Waals surface area (Å²) in [5, 5.41) is 4.77. The van der Waals surface area contributed by atoms with Crippen molar-refractivity contribution in [1.29, 1.82) is 0 Å². The summed E-state index contributed by atoms with van der Waals surface area (Å²) >= 11 is 12.1. The van der Waals surface area contributed by atoms with E-state index in [0.717, 1.165) is 29.8 Å². The fourth-order valence-electron chi connectivity index (χ4n) is 2.19. The lowest BCUT2D eigenvalue weighted by atomic mass is 9.99. The van der Waals surface area contributed by atoms with Gasteiger partial charge in [-0.2, -0.15) is 0 Å². The molecule has 1 N–H and O–H groups in total. The van der Waals surface area contributed by atoms with Crippen LogP contribution in [0.1, 0.15) is 17.5 Å². The monoisotopic (exact) mass is 308 g/mol.